The van der Waals surface area contributed by atoms with Crippen LogP contribution in [0.15, 0.2) is 122 Å². The van der Waals surface area contributed by atoms with E-state index in [0.29, 0.717) is 28.2 Å². The zero-order valence-electron chi connectivity index (χ0n) is 28.6. The van der Waals surface area contributed by atoms with Crippen LogP contribution in [0.3, 0.4) is 0 Å². The highest BCUT2D eigenvalue weighted by atomic mass is 31.1. The van der Waals surface area contributed by atoms with Crippen LogP contribution < -0.4 is 14.8 Å². The first-order valence-electron chi connectivity index (χ1n) is 16.5. The Labute approximate surface area is 304 Å². The van der Waals surface area contributed by atoms with Gasteiger partial charge in [-0.25, -0.2) is 15.0 Å². The maximum atomic E-state index is 13.0. The number of ether oxygens (including phenoxy) is 4. The summed E-state index contributed by atoms with van der Waals surface area (Å²) in [4.78, 5) is 35.7. The van der Waals surface area contributed by atoms with Gasteiger partial charge in [0, 0.05) is 10.1 Å². The highest BCUT2D eigenvalue weighted by Crippen LogP contribution is 2.46. The van der Waals surface area contributed by atoms with Gasteiger partial charge in [-0.15, -0.1) is 9.42 Å². The molecule has 1 aliphatic rings. The monoisotopic (exact) mass is 736 g/mol. The van der Waals surface area contributed by atoms with Crippen LogP contribution >= 0.6 is 8.25 Å². The molecule has 1 aliphatic heterocycles. The molecule has 4 aromatic carbocycles. The number of hydrogen-bond acceptors (Lipinski definition) is 11. The molecule has 5 unspecified atom stereocenters. The molecule has 2 aromatic heterocycles. The average Bonchev–Trinajstić information content (AvgIpc) is 3.77. The zero-order chi connectivity index (χ0) is 37.0. The second-order valence-corrected chi connectivity index (χ2v) is 12.8. The third-order valence-electron chi connectivity index (χ3n) is 9.05. The Morgan fingerprint density at radius 2 is 1.43 bits per heavy atom. The summed E-state index contributed by atoms with van der Waals surface area (Å²) in [5.74, 6) is 1.01. The predicted octanol–water partition coefficient (Wildman–Crippen LogP) is 5.40. The Morgan fingerprint density at radius 3 is 2.02 bits per heavy atom. The normalized spacial score (nSPS) is 18.8. The number of hydrogen-bond donors (Lipinski definition) is 3. The van der Waals surface area contributed by atoms with Crippen molar-refractivity contribution in [2.24, 2.45) is 0 Å². The summed E-state index contributed by atoms with van der Waals surface area (Å²) in [6.45, 7) is -0.403. The van der Waals surface area contributed by atoms with Crippen molar-refractivity contribution < 1.29 is 42.8 Å². The molecule has 7 rings (SSSR count). The van der Waals surface area contributed by atoms with E-state index in [-0.39, 0.29) is 17.0 Å². The van der Waals surface area contributed by atoms with Gasteiger partial charge in [-0.3, -0.25) is 9.36 Å². The summed E-state index contributed by atoms with van der Waals surface area (Å²) in [6, 6.07) is 32.9. The SMILES string of the molecule is COc1ccc(C(OC2C(CO[P+](=O)O)OC(n3cnc4c(NC(=O)c5ccccc5)ncnc43)C2O)(c2ccccc2)c2ccc(OC)cc2)cc1. The lowest BCUT2D eigenvalue weighted by molar-refractivity contribution is -0.110. The molecule has 53 heavy (non-hydrogen) atoms. The number of nitrogens with one attached hydrogen (secondary N) is 1. The van der Waals surface area contributed by atoms with E-state index in [0.717, 1.165) is 5.56 Å². The van der Waals surface area contributed by atoms with Crippen molar-refractivity contribution >= 4 is 31.1 Å². The minimum Gasteiger partial charge on any atom is -0.497 e. The van der Waals surface area contributed by atoms with E-state index in [1.54, 1.807) is 44.6 Å². The lowest BCUT2D eigenvalue weighted by Crippen LogP contribution is -2.45. The summed E-state index contributed by atoms with van der Waals surface area (Å²) in [5.41, 5.74) is 1.65. The minimum atomic E-state index is -3.02. The second-order valence-electron chi connectivity index (χ2n) is 12.0. The molecule has 1 fully saturated rings. The number of rotatable bonds is 13. The highest BCUT2D eigenvalue weighted by Gasteiger charge is 2.52. The first-order valence-corrected chi connectivity index (χ1v) is 17.6. The van der Waals surface area contributed by atoms with Gasteiger partial charge in [0.1, 0.15) is 48.3 Å². The van der Waals surface area contributed by atoms with Crippen molar-refractivity contribution in [2.45, 2.75) is 30.1 Å². The molecule has 270 valence electrons. The van der Waals surface area contributed by atoms with Gasteiger partial charge in [-0.05, 0) is 53.1 Å². The molecule has 0 bridgehead atoms. The molecule has 0 aliphatic carbocycles. The summed E-state index contributed by atoms with van der Waals surface area (Å²) in [6.07, 6.45) is -2.14. The fourth-order valence-corrected chi connectivity index (χ4v) is 6.77. The Kier molecular flexibility index (Phi) is 10.5. The predicted molar refractivity (Wildman–Crippen MR) is 193 cm³/mol. The molecule has 0 saturated carbocycles. The first-order chi connectivity index (χ1) is 25.8. The summed E-state index contributed by atoms with van der Waals surface area (Å²) in [7, 11) is 0.133. The molecule has 1 saturated heterocycles. The van der Waals surface area contributed by atoms with Crippen LogP contribution in [0.5, 0.6) is 11.5 Å². The van der Waals surface area contributed by atoms with Crippen LogP contribution in [0.25, 0.3) is 11.2 Å². The van der Waals surface area contributed by atoms with E-state index in [4.69, 9.17) is 23.5 Å². The van der Waals surface area contributed by atoms with Gasteiger partial charge < -0.3 is 29.4 Å². The summed E-state index contributed by atoms with van der Waals surface area (Å²) >= 11 is 0. The van der Waals surface area contributed by atoms with Gasteiger partial charge in [-0.1, -0.05) is 72.8 Å². The molecule has 6 aromatic rings. The molecule has 3 heterocycles. The van der Waals surface area contributed by atoms with E-state index in [1.807, 2.05) is 78.9 Å². The van der Waals surface area contributed by atoms with E-state index in [1.165, 1.54) is 17.2 Å². The van der Waals surface area contributed by atoms with Crippen molar-refractivity contribution in [2.75, 3.05) is 26.1 Å². The van der Waals surface area contributed by atoms with Crippen LogP contribution in [0, 0.1) is 0 Å². The molecule has 15 heteroatoms. The zero-order valence-corrected chi connectivity index (χ0v) is 29.4. The number of benzene rings is 4. The Bertz CT molecular complexity index is 2140. The van der Waals surface area contributed by atoms with E-state index < -0.39 is 50.9 Å². The number of carbonyl (C=O) groups excluding carboxylic acids is 1. The van der Waals surface area contributed by atoms with E-state index in [2.05, 4.69) is 20.3 Å². The summed E-state index contributed by atoms with van der Waals surface area (Å²) in [5, 5.41) is 15.0. The van der Waals surface area contributed by atoms with Gasteiger partial charge in [0.15, 0.2) is 23.2 Å². The number of imidazole rings is 1. The molecular formula is C38H35N5O9P+. The number of aliphatic hydroxyl groups is 1. The average molecular weight is 737 g/mol. The molecule has 3 N–H and O–H groups in total. The van der Waals surface area contributed by atoms with Gasteiger partial charge in [-0.2, -0.15) is 0 Å². The topological polar surface area (TPSA) is 176 Å². The fourth-order valence-electron chi connectivity index (χ4n) is 6.50. The Morgan fingerprint density at radius 1 is 0.849 bits per heavy atom. The standard InChI is InChI=1S/C38H34N5O9P/c1-48-28-17-13-26(14-18-28)38(25-11-7-4-8-12-25,27-15-19-29(49-2)20-16-27)52-33-30(21-50-53(46)47)51-37(32(33)44)43-23-41-31-34(39-22-40-35(31)43)42-36(45)24-9-5-3-6-10-24/h3-20,22-23,30,32-33,37,44H,21H2,1-2H3,(H-,39,40,42,45,46,47)/p+1. The maximum Gasteiger partial charge on any atom is 0.694 e. The number of carbonyl (C=O) groups is 1. The van der Waals surface area contributed by atoms with Crippen LogP contribution in [0.4, 0.5) is 5.82 Å². The van der Waals surface area contributed by atoms with Crippen molar-refractivity contribution in [3.8, 4) is 11.5 Å². The maximum absolute atomic E-state index is 13.0. The number of amides is 1. The van der Waals surface area contributed by atoms with E-state index >= 15 is 0 Å². The number of aliphatic hydroxyl groups excluding tert-OH is 1. The van der Waals surface area contributed by atoms with E-state index in [9.17, 15) is 19.4 Å². The smallest absolute Gasteiger partial charge is 0.497 e. The number of anilines is 1. The first kappa shape index (κ1) is 35.8. The molecular weight excluding hydrogens is 701 g/mol. The molecule has 5 atom stereocenters. The quantitative estimate of drug-likeness (QED) is 0.102. The van der Waals surface area contributed by atoms with Gasteiger partial charge in [0.05, 0.1) is 20.5 Å². The molecule has 1 amide bonds. The number of fused-ring (bicyclic) bond motifs is 1. The van der Waals surface area contributed by atoms with Crippen LogP contribution in [0.2, 0.25) is 0 Å². The fraction of sp³-hybridized carbons (Fsp3) is 0.211. The van der Waals surface area contributed by atoms with Gasteiger partial charge in [0.2, 0.25) is 0 Å². The Hall–Kier alpha value is -5.60. The van der Waals surface area contributed by atoms with Crippen molar-refractivity contribution in [3.63, 3.8) is 0 Å². The number of nitrogens with zero attached hydrogens (tertiary/aromatic N) is 4. The third-order valence-corrected chi connectivity index (χ3v) is 9.42. The number of aromatic nitrogens is 4. The lowest BCUT2D eigenvalue weighted by atomic mass is 9.79. The van der Waals surface area contributed by atoms with Crippen molar-refractivity contribution in [3.05, 3.63) is 144 Å². The largest absolute Gasteiger partial charge is 0.694 e. The highest BCUT2D eigenvalue weighted by molar-refractivity contribution is 7.32. The lowest BCUT2D eigenvalue weighted by Gasteiger charge is -2.39. The van der Waals surface area contributed by atoms with Crippen molar-refractivity contribution in [1.82, 2.24) is 19.5 Å². The molecule has 14 nitrogen and oxygen atoms in total. The van der Waals surface area contributed by atoms with Crippen LogP contribution in [-0.2, 0) is 24.2 Å². The van der Waals surface area contributed by atoms with Crippen LogP contribution in [0.1, 0.15) is 33.3 Å². The molecule has 0 spiro atoms. The Balaban J connectivity index is 1.32. The molecule has 0 radical (unpaired) electrons. The minimum absolute atomic E-state index is 0.155. The third kappa shape index (κ3) is 7.11. The number of methoxy groups -OCH3 is 2. The van der Waals surface area contributed by atoms with Crippen molar-refractivity contribution in [1.29, 1.82) is 0 Å². The summed E-state index contributed by atoms with van der Waals surface area (Å²) < 4.78 is 43.0. The van der Waals surface area contributed by atoms with Gasteiger partial charge >= 0.3 is 8.25 Å². The van der Waals surface area contributed by atoms with Crippen LogP contribution in [-0.4, -0.2) is 74.6 Å². The second kappa shape index (κ2) is 15.6. The van der Waals surface area contributed by atoms with Gasteiger partial charge in [0.25, 0.3) is 5.91 Å².